The van der Waals surface area contributed by atoms with Crippen LogP contribution in [0.15, 0.2) is 66.7 Å². The first-order valence-corrected chi connectivity index (χ1v) is 19.3. The van der Waals surface area contributed by atoms with Crippen LogP contribution in [0.25, 0.3) is 22.5 Å². The molecule has 2 aliphatic rings. The van der Waals surface area contributed by atoms with Crippen LogP contribution in [0.2, 0.25) is 0 Å². The van der Waals surface area contributed by atoms with Crippen molar-refractivity contribution in [1.82, 2.24) is 31.1 Å². The summed E-state index contributed by atoms with van der Waals surface area (Å²) in [5, 5.41) is 34.1. The number of aliphatic carboxylic acids is 1. The second-order valence-corrected chi connectivity index (χ2v) is 15.1. The fraction of sp³-hybridized carbons (Fsp3) is 0.390. The highest BCUT2D eigenvalue weighted by Crippen LogP contribution is 2.42. The Morgan fingerprint density at radius 3 is 2.20 bits per heavy atom. The molecule has 1 saturated carbocycles. The maximum absolute atomic E-state index is 14.2. The number of aliphatic hydroxyl groups is 1. The van der Waals surface area contributed by atoms with Gasteiger partial charge in [-0.3, -0.25) is 24.3 Å². The van der Waals surface area contributed by atoms with Gasteiger partial charge in [0.25, 0.3) is 5.91 Å². The van der Waals surface area contributed by atoms with E-state index in [-0.39, 0.29) is 66.7 Å². The molecule has 2 fully saturated rings. The Hall–Kier alpha value is -5.92. The first-order chi connectivity index (χ1) is 28.5. The number of hydrogen-bond donors (Lipinski definition) is 8. The smallest absolute Gasteiger partial charge is 0.411 e. The number of aromatic nitrogens is 3. The predicted octanol–water partition coefficient (Wildman–Crippen LogP) is 4.09. The molecule has 4 amide bonds. The lowest BCUT2D eigenvalue weighted by Crippen LogP contribution is -2.48. The number of carbonyl (C=O) groups excluding carboxylic acids is 4. The van der Waals surface area contributed by atoms with Crippen LogP contribution < -0.4 is 27.0 Å². The van der Waals surface area contributed by atoms with Gasteiger partial charge >= 0.3 is 17.8 Å². The first-order valence-electron chi connectivity index (χ1n) is 19.3. The number of nitrogens with two attached hydrogens (primary N) is 1. The SMILES string of the molecule is Cc1cc(C(=O)N[C@@H]2C[C@@H](CO)NC2=O)ccc1-c1ccc(C[C@H](NC(=O)C2CCC(CN)CC2)C(=O)Nc2ccc(-c3nc(C(F)(F)C(F)(F)C(=O)O)n[nH]3)cc2)cc1.Cl. The summed E-state index contributed by atoms with van der Waals surface area (Å²) in [7, 11) is 0. The molecule has 0 spiro atoms. The van der Waals surface area contributed by atoms with Crippen LogP contribution in [-0.2, 0) is 31.5 Å². The minimum atomic E-state index is -5.46. The molecule has 1 saturated heterocycles. The Morgan fingerprint density at radius 1 is 0.951 bits per heavy atom. The largest absolute Gasteiger partial charge is 0.477 e. The number of aromatic amines is 1. The zero-order chi connectivity index (χ0) is 43.4. The molecule has 20 heteroatoms. The lowest BCUT2D eigenvalue weighted by atomic mass is 9.81. The Balaban J connectivity index is 0.00000704. The third kappa shape index (κ3) is 10.3. The van der Waals surface area contributed by atoms with Gasteiger partial charge in [0, 0.05) is 29.2 Å². The van der Waals surface area contributed by atoms with Crippen molar-refractivity contribution in [2.45, 2.75) is 75.4 Å². The van der Waals surface area contributed by atoms with E-state index in [0.717, 1.165) is 35.1 Å². The van der Waals surface area contributed by atoms with E-state index in [2.05, 4.69) is 36.4 Å². The number of carboxylic acid groups (broad SMARTS) is 1. The van der Waals surface area contributed by atoms with E-state index in [1.54, 1.807) is 18.2 Å². The van der Waals surface area contributed by atoms with Gasteiger partial charge in [-0.2, -0.15) is 22.7 Å². The van der Waals surface area contributed by atoms with Gasteiger partial charge in [0.05, 0.1) is 12.6 Å². The van der Waals surface area contributed by atoms with Gasteiger partial charge < -0.3 is 37.2 Å². The van der Waals surface area contributed by atoms with Crippen LogP contribution in [-0.4, -0.2) is 92.2 Å². The Morgan fingerprint density at radius 2 is 1.61 bits per heavy atom. The summed E-state index contributed by atoms with van der Waals surface area (Å²) in [5.41, 5.74) is 9.73. The van der Waals surface area contributed by atoms with E-state index in [0.29, 0.717) is 30.9 Å². The maximum atomic E-state index is 14.2. The lowest BCUT2D eigenvalue weighted by molar-refractivity contribution is -0.231. The molecule has 0 bridgehead atoms. The molecule has 0 radical (unpaired) electrons. The lowest BCUT2D eigenvalue weighted by Gasteiger charge is -2.28. The third-order valence-corrected chi connectivity index (χ3v) is 10.9. The zero-order valence-electron chi connectivity index (χ0n) is 32.7. The summed E-state index contributed by atoms with van der Waals surface area (Å²) in [6.45, 7) is 2.16. The van der Waals surface area contributed by atoms with Crippen LogP contribution in [0.1, 0.15) is 59.4 Å². The van der Waals surface area contributed by atoms with Gasteiger partial charge in [0.1, 0.15) is 12.1 Å². The number of nitrogens with zero attached hydrogens (tertiary/aromatic N) is 2. The number of benzene rings is 3. The van der Waals surface area contributed by atoms with E-state index in [9.17, 15) is 46.6 Å². The number of amides is 4. The Labute approximate surface area is 353 Å². The van der Waals surface area contributed by atoms with Gasteiger partial charge in [-0.15, -0.1) is 12.4 Å². The average Bonchev–Trinajstić information content (AvgIpc) is 3.88. The van der Waals surface area contributed by atoms with E-state index >= 15 is 0 Å². The summed E-state index contributed by atoms with van der Waals surface area (Å²) >= 11 is 0. The van der Waals surface area contributed by atoms with Crippen molar-refractivity contribution in [3.63, 3.8) is 0 Å². The summed E-state index contributed by atoms with van der Waals surface area (Å²) in [5.74, 6) is -17.4. The number of carboxylic acids is 1. The topological polar surface area (TPSA) is 242 Å². The fourth-order valence-electron chi connectivity index (χ4n) is 7.33. The predicted molar refractivity (Wildman–Crippen MR) is 216 cm³/mol. The number of hydrogen-bond acceptors (Lipinski definition) is 9. The number of anilines is 1. The van der Waals surface area contributed by atoms with Crippen LogP contribution in [0.3, 0.4) is 0 Å². The van der Waals surface area contributed by atoms with Crippen LogP contribution in [0, 0.1) is 18.8 Å². The molecular weight excluding hydrogens is 828 g/mol. The number of aliphatic hydroxyl groups excluding tert-OH is 1. The van der Waals surface area contributed by atoms with Gasteiger partial charge in [-0.25, -0.2) is 9.78 Å². The monoisotopic (exact) mass is 872 g/mol. The molecule has 1 aliphatic heterocycles. The fourth-order valence-corrected chi connectivity index (χ4v) is 7.33. The molecule has 9 N–H and O–H groups in total. The molecule has 3 aromatic carbocycles. The second kappa shape index (κ2) is 19.2. The molecule has 61 heavy (non-hydrogen) atoms. The number of H-pyrrole nitrogens is 1. The molecule has 6 rings (SSSR count). The Kier molecular flexibility index (Phi) is 14.5. The normalized spacial score (nSPS) is 19.6. The maximum Gasteiger partial charge on any atom is 0.411 e. The summed E-state index contributed by atoms with van der Waals surface area (Å²) in [4.78, 5) is 66.5. The van der Waals surface area contributed by atoms with E-state index in [1.807, 2.05) is 31.2 Å². The van der Waals surface area contributed by atoms with Gasteiger partial charge in [0.15, 0.2) is 5.82 Å². The number of halogens is 5. The van der Waals surface area contributed by atoms with Gasteiger partial charge in [-0.05, 0) is 110 Å². The van der Waals surface area contributed by atoms with Crippen LogP contribution >= 0.6 is 12.4 Å². The summed E-state index contributed by atoms with van der Waals surface area (Å²) in [6, 6.07) is 15.8. The van der Waals surface area contributed by atoms with E-state index in [1.165, 1.54) is 24.3 Å². The number of nitrogens with one attached hydrogen (secondary N) is 5. The van der Waals surface area contributed by atoms with Crippen molar-refractivity contribution in [3.8, 4) is 22.5 Å². The Bertz CT molecular complexity index is 2240. The second-order valence-electron chi connectivity index (χ2n) is 15.1. The number of alkyl halides is 4. The molecule has 3 atom stereocenters. The molecule has 4 aromatic rings. The van der Waals surface area contributed by atoms with E-state index in [4.69, 9.17) is 10.8 Å². The van der Waals surface area contributed by atoms with Crippen molar-refractivity contribution >= 4 is 47.7 Å². The van der Waals surface area contributed by atoms with Crippen molar-refractivity contribution in [2.24, 2.45) is 17.6 Å². The molecule has 0 unspecified atom stereocenters. The highest BCUT2D eigenvalue weighted by atomic mass is 35.5. The average molecular weight is 873 g/mol. The highest BCUT2D eigenvalue weighted by molar-refractivity contribution is 5.99. The highest BCUT2D eigenvalue weighted by Gasteiger charge is 2.66. The van der Waals surface area contributed by atoms with E-state index < -0.39 is 53.6 Å². The molecule has 1 aliphatic carbocycles. The number of aryl methyl sites for hydroxylation is 1. The molecule has 326 valence electrons. The number of carbonyl (C=O) groups is 5. The first kappa shape index (κ1) is 46.2. The third-order valence-electron chi connectivity index (χ3n) is 10.9. The number of rotatable bonds is 15. The van der Waals surface area contributed by atoms with Gasteiger partial charge in [0.2, 0.25) is 23.5 Å². The van der Waals surface area contributed by atoms with Gasteiger partial charge in [-0.1, -0.05) is 30.3 Å². The zero-order valence-corrected chi connectivity index (χ0v) is 33.5. The summed E-state index contributed by atoms with van der Waals surface area (Å²) < 4.78 is 55.8. The minimum Gasteiger partial charge on any atom is -0.477 e. The van der Waals surface area contributed by atoms with Crippen molar-refractivity contribution in [1.29, 1.82) is 0 Å². The van der Waals surface area contributed by atoms with Crippen LogP contribution in [0.5, 0.6) is 0 Å². The van der Waals surface area contributed by atoms with Crippen molar-refractivity contribution in [3.05, 3.63) is 89.2 Å². The summed E-state index contributed by atoms with van der Waals surface area (Å²) in [6.07, 6.45) is 3.22. The molecule has 1 aromatic heterocycles. The molecule has 15 nitrogen and oxygen atoms in total. The minimum absolute atomic E-state index is 0. The molecular formula is C41H45ClF4N8O7. The molecule has 2 heterocycles. The quantitative estimate of drug-likeness (QED) is 0.0796. The van der Waals surface area contributed by atoms with Crippen molar-refractivity contribution < 1.29 is 51.7 Å². The van der Waals surface area contributed by atoms with Crippen molar-refractivity contribution in [2.75, 3.05) is 18.5 Å². The van der Waals surface area contributed by atoms with Crippen LogP contribution in [0.4, 0.5) is 23.2 Å². The standard InChI is InChI=1S/C41H44F4N8O7.ClH/c1-21-16-27(35(56)50-32-18-29(20-54)48-37(32)58)12-15-30(21)24-6-2-22(3-7-24)17-31(49-34(55)26-8-4-23(19-46)5-9-26)36(57)47-28-13-10-25(11-14-28)33-51-38(53-52-33)40(42,43)41(44,45)39(59)60;/h2-3,6-7,10-16,23,26,29,31-32,54H,4-5,8-9,17-20,46H2,1H3,(H,47,57)(H,48,58)(H,49,55)(H,50,56)(H,59,60)(H,51,52,53);1H/t23?,26?,29-,31-,32+;/m0./s1.